The van der Waals surface area contributed by atoms with E-state index in [1.54, 1.807) is 0 Å². The fourth-order valence-corrected chi connectivity index (χ4v) is 1.35. The molecule has 1 aromatic carbocycles. The smallest absolute Gasteiger partial charge is 0.194 e. The quantitative estimate of drug-likeness (QED) is 0.320. The average Bonchev–Trinajstić information content (AvgIpc) is 2.25. The van der Waals surface area contributed by atoms with Gasteiger partial charge >= 0.3 is 0 Å². The first-order valence-corrected chi connectivity index (χ1v) is 4.48. The second-order valence-electron chi connectivity index (χ2n) is 3.53. The molecule has 1 aromatic rings. The zero-order valence-electron chi connectivity index (χ0n) is 8.66. The fourth-order valence-electron chi connectivity index (χ4n) is 1.35. The topological polar surface area (TPSA) is 0 Å². The van der Waals surface area contributed by atoms with Crippen LogP contribution < -0.4 is 0 Å². The predicted octanol–water partition coefficient (Wildman–Crippen LogP) is 3.87. The van der Waals surface area contributed by atoms with Gasteiger partial charge in [0.2, 0.25) is 0 Å². The zero-order valence-corrected chi connectivity index (χ0v) is 8.66. The second-order valence-corrected chi connectivity index (χ2v) is 3.53. The Morgan fingerprint density at radius 1 is 1.00 bits per heavy atom. The van der Waals surface area contributed by atoms with Crippen molar-refractivity contribution in [2.45, 2.75) is 12.3 Å². The van der Waals surface area contributed by atoms with Crippen LogP contribution in [-0.4, -0.2) is 0 Å². The van der Waals surface area contributed by atoms with Gasteiger partial charge in [-0.25, -0.2) is 17.6 Å². The van der Waals surface area contributed by atoms with E-state index in [-0.39, 0.29) is 0 Å². The Kier molecular flexibility index (Phi) is 3.21. The molecule has 0 amide bonds. The summed E-state index contributed by atoms with van der Waals surface area (Å²) in [5, 5.41) is 0. The Morgan fingerprint density at radius 2 is 1.50 bits per heavy atom. The van der Waals surface area contributed by atoms with Gasteiger partial charge in [0.15, 0.2) is 17.5 Å². The predicted molar refractivity (Wildman–Crippen MR) is 54.0 cm³/mol. The SMILES string of the molecule is C=CC(C)(C=C)c1c(F)cc(F)c(F)c1F. The van der Waals surface area contributed by atoms with Crippen molar-refractivity contribution in [3.8, 4) is 0 Å². The van der Waals surface area contributed by atoms with Gasteiger partial charge in [0.05, 0.1) is 0 Å². The molecule has 0 unspecified atom stereocenters. The van der Waals surface area contributed by atoms with E-state index in [1.165, 1.54) is 19.1 Å². The maximum Gasteiger partial charge on any atom is 0.194 e. The minimum Gasteiger partial charge on any atom is -0.206 e. The lowest BCUT2D eigenvalue weighted by Gasteiger charge is -2.23. The first kappa shape index (κ1) is 12.5. The van der Waals surface area contributed by atoms with Gasteiger partial charge in [0.25, 0.3) is 0 Å². The largest absolute Gasteiger partial charge is 0.206 e. The number of halogens is 4. The van der Waals surface area contributed by atoms with E-state index >= 15 is 0 Å². The maximum absolute atomic E-state index is 13.4. The molecule has 0 aliphatic heterocycles. The van der Waals surface area contributed by atoms with E-state index in [4.69, 9.17) is 0 Å². The summed E-state index contributed by atoms with van der Waals surface area (Å²) in [4.78, 5) is 0. The third kappa shape index (κ3) is 1.75. The molecular formula is C12H10F4. The van der Waals surface area contributed by atoms with Crippen molar-refractivity contribution in [3.05, 3.63) is 60.2 Å². The molecule has 0 N–H and O–H groups in total. The van der Waals surface area contributed by atoms with Crippen LogP contribution in [0.5, 0.6) is 0 Å². The Morgan fingerprint density at radius 3 is 1.94 bits per heavy atom. The van der Waals surface area contributed by atoms with Crippen molar-refractivity contribution in [2.24, 2.45) is 0 Å². The van der Waals surface area contributed by atoms with Gasteiger partial charge in [-0.1, -0.05) is 12.2 Å². The molecule has 86 valence electrons. The zero-order chi connectivity index (χ0) is 12.5. The molecule has 0 nitrogen and oxygen atoms in total. The molecule has 0 bridgehead atoms. The normalized spacial score (nSPS) is 11.3. The van der Waals surface area contributed by atoms with E-state index in [1.807, 2.05) is 0 Å². The van der Waals surface area contributed by atoms with E-state index < -0.39 is 34.2 Å². The minimum absolute atomic E-state index is 0.305. The summed E-state index contributed by atoms with van der Waals surface area (Å²) in [7, 11) is 0. The van der Waals surface area contributed by atoms with Gasteiger partial charge in [-0.15, -0.1) is 13.2 Å². The molecular weight excluding hydrogens is 220 g/mol. The molecule has 0 aliphatic rings. The Bertz CT molecular complexity index is 441. The molecule has 0 atom stereocenters. The number of hydrogen-bond donors (Lipinski definition) is 0. The summed E-state index contributed by atoms with van der Waals surface area (Å²) in [5.41, 5.74) is -1.89. The van der Waals surface area contributed by atoms with E-state index in [0.717, 1.165) is 0 Å². The van der Waals surface area contributed by atoms with Crippen LogP contribution in [0.3, 0.4) is 0 Å². The molecule has 1 rings (SSSR count). The molecule has 16 heavy (non-hydrogen) atoms. The Balaban J connectivity index is 3.63. The molecule has 0 saturated carbocycles. The molecule has 0 saturated heterocycles. The molecule has 0 aromatic heterocycles. The van der Waals surface area contributed by atoms with Gasteiger partial charge in [0.1, 0.15) is 5.82 Å². The van der Waals surface area contributed by atoms with Gasteiger partial charge in [-0.2, -0.15) is 0 Å². The van der Waals surface area contributed by atoms with Crippen molar-refractivity contribution in [1.82, 2.24) is 0 Å². The lowest BCUT2D eigenvalue weighted by molar-refractivity contribution is 0.415. The average molecular weight is 230 g/mol. The highest BCUT2D eigenvalue weighted by atomic mass is 19.2. The van der Waals surface area contributed by atoms with Crippen LogP contribution in [0.2, 0.25) is 0 Å². The third-order valence-electron chi connectivity index (χ3n) is 2.50. The van der Waals surface area contributed by atoms with Crippen LogP contribution in [0.25, 0.3) is 0 Å². The van der Waals surface area contributed by atoms with Crippen LogP contribution in [0.15, 0.2) is 31.4 Å². The minimum atomic E-state index is -1.70. The highest BCUT2D eigenvalue weighted by Crippen LogP contribution is 2.32. The van der Waals surface area contributed by atoms with Crippen LogP contribution in [0.4, 0.5) is 17.6 Å². The van der Waals surface area contributed by atoms with Crippen molar-refractivity contribution in [1.29, 1.82) is 0 Å². The van der Waals surface area contributed by atoms with Crippen LogP contribution >= 0.6 is 0 Å². The van der Waals surface area contributed by atoms with Crippen molar-refractivity contribution >= 4 is 0 Å². The third-order valence-corrected chi connectivity index (χ3v) is 2.50. The van der Waals surface area contributed by atoms with E-state index in [9.17, 15) is 17.6 Å². The van der Waals surface area contributed by atoms with Crippen LogP contribution in [0, 0.1) is 23.3 Å². The molecule has 0 radical (unpaired) electrons. The maximum atomic E-state index is 13.4. The van der Waals surface area contributed by atoms with Gasteiger partial charge in [-0.3, -0.25) is 0 Å². The molecule has 0 fully saturated rings. The highest BCUT2D eigenvalue weighted by Gasteiger charge is 2.30. The summed E-state index contributed by atoms with van der Waals surface area (Å²) in [6, 6.07) is 0.305. The van der Waals surface area contributed by atoms with Crippen LogP contribution in [-0.2, 0) is 5.41 Å². The van der Waals surface area contributed by atoms with Crippen molar-refractivity contribution in [3.63, 3.8) is 0 Å². The van der Waals surface area contributed by atoms with Crippen LogP contribution in [0.1, 0.15) is 12.5 Å². The van der Waals surface area contributed by atoms with Gasteiger partial charge < -0.3 is 0 Å². The summed E-state index contributed by atoms with van der Waals surface area (Å²) in [6.07, 6.45) is 2.41. The van der Waals surface area contributed by atoms with E-state index in [2.05, 4.69) is 13.2 Å². The first-order chi connectivity index (χ1) is 7.37. The van der Waals surface area contributed by atoms with Crippen molar-refractivity contribution < 1.29 is 17.6 Å². The van der Waals surface area contributed by atoms with Crippen molar-refractivity contribution in [2.75, 3.05) is 0 Å². The fraction of sp³-hybridized carbons (Fsp3) is 0.167. The monoisotopic (exact) mass is 230 g/mol. The highest BCUT2D eigenvalue weighted by molar-refractivity contribution is 5.37. The number of hydrogen-bond acceptors (Lipinski definition) is 0. The molecule has 0 aliphatic carbocycles. The lowest BCUT2D eigenvalue weighted by atomic mass is 9.82. The summed E-state index contributed by atoms with van der Waals surface area (Å²) < 4.78 is 52.6. The standard InChI is InChI=1S/C12H10F4/c1-4-12(3,5-2)9-7(13)6-8(14)10(15)11(9)16/h4-6H,1-2H2,3H3. The first-order valence-electron chi connectivity index (χ1n) is 4.48. The Hall–Kier alpha value is -1.58. The molecule has 0 heterocycles. The summed E-state index contributed by atoms with van der Waals surface area (Å²) in [6.45, 7) is 8.18. The number of rotatable bonds is 3. The molecule has 4 heteroatoms. The van der Waals surface area contributed by atoms with Gasteiger partial charge in [-0.05, 0) is 6.92 Å². The molecule has 0 spiro atoms. The summed E-state index contributed by atoms with van der Waals surface area (Å²) >= 11 is 0. The Labute approximate surface area is 90.9 Å². The number of allylic oxidation sites excluding steroid dienone is 2. The lowest BCUT2D eigenvalue weighted by Crippen LogP contribution is -2.20. The second kappa shape index (κ2) is 4.12. The number of benzene rings is 1. The van der Waals surface area contributed by atoms with E-state index in [0.29, 0.717) is 6.07 Å². The summed E-state index contributed by atoms with van der Waals surface area (Å²) in [5.74, 6) is -5.99. The van der Waals surface area contributed by atoms with Gasteiger partial charge in [0, 0.05) is 17.0 Å².